The molecule has 106 valence electrons. The zero-order valence-electron chi connectivity index (χ0n) is 12.0. The number of fused-ring (bicyclic) bond motifs is 1. The monoisotopic (exact) mass is 270 g/mol. The molecule has 4 nitrogen and oxygen atoms in total. The second-order valence-electron chi connectivity index (χ2n) is 5.41. The molecule has 3 rings (SSSR count). The molecule has 0 radical (unpaired) electrons. The molecule has 0 saturated heterocycles. The van der Waals surface area contributed by atoms with Crippen LogP contribution in [0.4, 0.5) is 5.69 Å². The molecule has 0 fully saturated rings. The second-order valence-corrected chi connectivity index (χ2v) is 5.41. The number of benzene rings is 1. The van der Waals surface area contributed by atoms with E-state index in [2.05, 4.69) is 51.6 Å². The summed E-state index contributed by atoms with van der Waals surface area (Å²) in [6.45, 7) is 5.48. The molecule has 0 aliphatic carbocycles. The number of anilines is 1. The van der Waals surface area contributed by atoms with Crippen LogP contribution in [0.5, 0.6) is 0 Å². The Kier molecular flexibility index (Phi) is 4.02. The maximum Gasteiger partial charge on any atom is 0.0518 e. The lowest BCUT2D eigenvalue weighted by Gasteiger charge is -2.20. The van der Waals surface area contributed by atoms with Gasteiger partial charge in [0.15, 0.2) is 0 Å². The van der Waals surface area contributed by atoms with Gasteiger partial charge < -0.3 is 10.2 Å². The van der Waals surface area contributed by atoms with Gasteiger partial charge in [0.1, 0.15) is 0 Å². The number of rotatable bonds is 6. The van der Waals surface area contributed by atoms with Crippen LogP contribution in [-0.4, -0.2) is 29.8 Å². The van der Waals surface area contributed by atoms with Crippen molar-refractivity contribution in [1.82, 2.24) is 15.5 Å². The summed E-state index contributed by atoms with van der Waals surface area (Å²) in [6.07, 6.45) is 4.15. The van der Waals surface area contributed by atoms with Gasteiger partial charge in [-0.05, 0) is 44.0 Å². The second kappa shape index (κ2) is 6.09. The van der Waals surface area contributed by atoms with E-state index >= 15 is 0 Å². The maximum atomic E-state index is 3.99. The average Bonchev–Trinajstić information content (AvgIpc) is 3.13. The number of aromatic amines is 1. The van der Waals surface area contributed by atoms with Crippen molar-refractivity contribution in [3.05, 3.63) is 47.8 Å². The van der Waals surface area contributed by atoms with Crippen molar-refractivity contribution < 1.29 is 0 Å². The highest BCUT2D eigenvalue weighted by atomic mass is 15.1. The predicted molar refractivity (Wildman–Crippen MR) is 82.0 cm³/mol. The molecule has 0 saturated carbocycles. The summed E-state index contributed by atoms with van der Waals surface area (Å²) in [5.74, 6) is 0. The molecule has 0 bridgehead atoms. The Balaban J connectivity index is 1.43. The van der Waals surface area contributed by atoms with Gasteiger partial charge in [-0.2, -0.15) is 5.10 Å². The standard InChI is InChI=1S/C16H22N4/c1-13(15-7-10-18-19-15)17-9-4-11-20-12-8-14-5-2-3-6-16(14)20/h2-3,5-7,10,13,17H,4,8-9,11-12H2,1H3,(H,18,19). The van der Waals surface area contributed by atoms with Gasteiger partial charge in [-0.1, -0.05) is 18.2 Å². The molecule has 1 aliphatic rings. The summed E-state index contributed by atoms with van der Waals surface area (Å²) >= 11 is 0. The smallest absolute Gasteiger partial charge is 0.0518 e. The minimum Gasteiger partial charge on any atom is -0.371 e. The van der Waals surface area contributed by atoms with Gasteiger partial charge in [-0.15, -0.1) is 0 Å². The number of aromatic nitrogens is 2. The van der Waals surface area contributed by atoms with Crippen LogP contribution in [0.25, 0.3) is 0 Å². The summed E-state index contributed by atoms with van der Waals surface area (Å²) in [7, 11) is 0. The van der Waals surface area contributed by atoms with Crippen molar-refractivity contribution in [1.29, 1.82) is 0 Å². The normalized spacial score (nSPS) is 15.3. The molecule has 2 heterocycles. The molecule has 0 spiro atoms. The average molecular weight is 270 g/mol. The molecule has 2 aromatic rings. The quantitative estimate of drug-likeness (QED) is 0.793. The molecule has 20 heavy (non-hydrogen) atoms. The van der Waals surface area contributed by atoms with Crippen LogP contribution in [0.1, 0.15) is 30.6 Å². The van der Waals surface area contributed by atoms with Gasteiger partial charge in [0.25, 0.3) is 0 Å². The first kappa shape index (κ1) is 13.2. The topological polar surface area (TPSA) is 44.0 Å². The summed E-state index contributed by atoms with van der Waals surface area (Å²) in [6, 6.07) is 11.1. The summed E-state index contributed by atoms with van der Waals surface area (Å²) in [5.41, 5.74) is 4.07. The van der Waals surface area contributed by atoms with Crippen molar-refractivity contribution in [2.45, 2.75) is 25.8 Å². The lowest BCUT2D eigenvalue weighted by Crippen LogP contribution is -2.27. The van der Waals surface area contributed by atoms with E-state index in [1.165, 1.54) is 17.7 Å². The molecule has 1 aliphatic heterocycles. The van der Waals surface area contributed by atoms with E-state index in [1.807, 2.05) is 6.07 Å². The van der Waals surface area contributed by atoms with E-state index in [-0.39, 0.29) is 0 Å². The highest BCUT2D eigenvalue weighted by Gasteiger charge is 2.17. The number of H-pyrrole nitrogens is 1. The predicted octanol–water partition coefficient (Wildman–Crippen LogP) is 2.51. The first-order chi connectivity index (χ1) is 9.84. The molecule has 0 amide bonds. The molecule has 2 N–H and O–H groups in total. The molecular weight excluding hydrogens is 248 g/mol. The first-order valence-corrected chi connectivity index (χ1v) is 7.40. The number of para-hydroxylation sites is 1. The van der Waals surface area contributed by atoms with Gasteiger partial charge in [0, 0.05) is 31.0 Å². The van der Waals surface area contributed by atoms with Crippen molar-refractivity contribution in [3.8, 4) is 0 Å². The highest BCUT2D eigenvalue weighted by molar-refractivity contribution is 5.57. The van der Waals surface area contributed by atoms with Gasteiger partial charge in [0.2, 0.25) is 0 Å². The Bertz CT molecular complexity index is 535. The molecule has 1 atom stereocenters. The van der Waals surface area contributed by atoms with E-state index in [0.717, 1.165) is 31.7 Å². The van der Waals surface area contributed by atoms with Gasteiger partial charge in [0.05, 0.1) is 5.69 Å². The third-order valence-corrected chi connectivity index (χ3v) is 4.03. The Labute approximate surface area is 120 Å². The third kappa shape index (κ3) is 2.85. The van der Waals surface area contributed by atoms with Crippen LogP contribution >= 0.6 is 0 Å². The fraction of sp³-hybridized carbons (Fsp3) is 0.438. The molecular formula is C16H22N4. The van der Waals surface area contributed by atoms with Crippen LogP contribution in [0.2, 0.25) is 0 Å². The lowest BCUT2D eigenvalue weighted by atomic mass is 10.2. The molecule has 1 aromatic heterocycles. The highest BCUT2D eigenvalue weighted by Crippen LogP contribution is 2.27. The Morgan fingerprint density at radius 2 is 2.25 bits per heavy atom. The van der Waals surface area contributed by atoms with Gasteiger partial charge in [-0.25, -0.2) is 0 Å². The Hall–Kier alpha value is -1.81. The van der Waals surface area contributed by atoms with Crippen LogP contribution in [0.15, 0.2) is 36.5 Å². The van der Waals surface area contributed by atoms with Crippen LogP contribution < -0.4 is 10.2 Å². The largest absolute Gasteiger partial charge is 0.371 e. The van der Waals surface area contributed by atoms with Gasteiger partial charge >= 0.3 is 0 Å². The first-order valence-electron chi connectivity index (χ1n) is 7.40. The van der Waals surface area contributed by atoms with Crippen molar-refractivity contribution in [2.75, 3.05) is 24.5 Å². The van der Waals surface area contributed by atoms with E-state index in [4.69, 9.17) is 0 Å². The van der Waals surface area contributed by atoms with Crippen LogP contribution in [0.3, 0.4) is 0 Å². The van der Waals surface area contributed by atoms with Crippen molar-refractivity contribution in [2.24, 2.45) is 0 Å². The minimum absolute atomic E-state index is 0.336. The molecule has 4 heteroatoms. The minimum atomic E-state index is 0.336. The van der Waals surface area contributed by atoms with Crippen molar-refractivity contribution >= 4 is 5.69 Å². The fourth-order valence-electron chi connectivity index (χ4n) is 2.85. The third-order valence-electron chi connectivity index (χ3n) is 4.03. The van der Waals surface area contributed by atoms with E-state index in [9.17, 15) is 0 Å². The van der Waals surface area contributed by atoms with E-state index < -0.39 is 0 Å². The molecule has 1 aromatic carbocycles. The summed E-state index contributed by atoms with van der Waals surface area (Å²) < 4.78 is 0. The van der Waals surface area contributed by atoms with Gasteiger partial charge in [-0.3, -0.25) is 5.10 Å². The number of nitrogens with one attached hydrogen (secondary N) is 2. The lowest BCUT2D eigenvalue weighted by molar-refractivity contribution is 0.544. The Morgan fingerprint density at radius 1 is 1.35 bits per heavy atom. The SMILES string of the molecule is CC(NCCCN1CCc2ccccc21)c1ccn[nH]1. The van der Waals surface area contributed by atoms with Crippen LogP contribution in [0, 0.1) is 0 Å². The van der Waals surface area contributed by atoms with Crippen molar-refractivity contribution in [3.63, 3.8) is 0 Å². The number of nitrogens with zero attached hydrogens (tertiary/aromatic N) is 2. The van der Waals surface area contributed by atoms with E-state index in [1.54, 1.807) is 6.20 Å². The fourth-order valence-corrected chi connectivity index (χ4v) is 2.85. The van der Waals surface area contributed by atoms with E-state index in [0.29, 0.717) is 6.04 Å². The number of hydrogen-bond acceptors (Lipinski definition) is 3. The zero-order valence-corrected chi connectivity index (χ0v) is 12.0. The van der Waals surface area contributed by atoms with Crippen LogP contribution in [-0.2, 0) is 6.42 Å². The summed E-state index contributed by atoms with van der Waals surface area (Å²) in [5, 5.41) is 10.5. The number of hydrogen-bond donors (Lipinski definition) is 2. The molecule has 1 unspecified atom stereocenters. The zero-order chi connectivity index (χ0) is 13.8. The summed E-state index contributed by atoms with van der Waals surface area (Å²) in [4.78, 5) is 2.50. The maximum absolute atomic E-state index is 3.99. The Morgan fingerprint density at radius 3 is 3.10 bits per heavy atom.